The minimum Gasteiger partial charge on any atom is -0.454 e. The summed E-state index contributed by atoms with van der Waals surface area (Å²) in [6.45, 7) is 0. The molecule has 1 heterocycles. The first-order valence-electron chi connectivity index (χ1n) is 21.9. The average molecular weight is 816 g/mol. The van der Waals surface area contributed by atoms with Gasteiger partial charge in [-0.05, 0) is 120 Å². The molecule has 300 valence electrons. The molecule has 0 atom stereocenters. The van der Waals surface area contributed by atoms with Crippen LogP contribution in [0.5, 0.6) is 0 Å². The standard InChI is InChI=1S/C62H41NO/c1-5-18-43(19-6-1)50-39-37-49(41-56(50)44-20-7-2-8-21-44)63(58-30-17-29-55-53-27-15-16-31-59(53)64-62(55)58)48-35-32-42(33-36-48)47-34-38-52-51-26-13-14-28-54(51)60(45-22-9-3-10-23-45)61(57(52)40-47)46-24-11-4-12-25-46/h1-41H. The Morgan fingerprint density at radius 2 is 0.766 bits per heavy atom. The summed E-state index contributed by atoms with van der Waals surface area (Å²) in [5, 5.41) is 7.17. The smallest absolute Gasteiger partial charge is 0.159 e. The number of hydrogen-bond donors (Lipinski definition) is 0. The van der Waals surface area contributed by atoms with E-state index in [2.05, 4.69) is 248 Å². The third kappa shape index (κ3) is 6.44. The number of hydrogen-bond acceptors (Lipinski definition) is 2. The Kier molecular flexibility index (Phi) is 9.20. The second kappa shape index (κ2) is 15.8. The summed E-state index contributed by atoms with van der Waals surface area (Å²) in [6.07, 6.45) is 0. The van der Waals surface area contributed by atoms with Crippen molar-refractivity contribution in [3.63, 3.8) is 0 Å². The van der Waals surface area contributed by atoms with Crippen LogP contribution in [-0.2, 0) is 0 Å². The molecule has 0 aliphatic heterocycles. The van der Waals surface area contributed by atoms with Crippen LogP contribution in [0.3, 0.4) is 0 Å². The topological polar surface area (TPSA) is 16.4 Å². The third-order valence-electron chi connectivity index (χ3n) is 12.7. The van der Waals surface area contributed by atoms with E-state index in [4.69, 9.17) is 4.42 Å². The van der Waals surface area contributed by atoms with E-state index >= 15 is 0 Å². The summed E-state index contributed by atoms with van der Waals surface area (Å²) < 4.78 is 6.73. The Bertz CT molecular complexity index is 3630. The van der Waals surface area contributed by atoms with Gasteiger partial charge in [-0.25, -0.2) is 0 Å². The maximum atomic E-state index is 6.73. The van der Waals surface area contributed by atoms with Crippen molar-refractivity contribution >= 4 is 60.5 Å². The van der Waals surface area contributed by atoms with Crippen LogP contribution in [0.25, 0.3) is 99.1 Å². The van der Waals surface area contributed by atoms with Crippen LogP contribution in [-0.4, -0.2) is 0 Å². The van der Waals surface area contributed by atoms with Crippen molar-refractivity contribution in [3.8, 4) is 55.6 Å². The lowest BCUT2D eigenvalue weighted by molar-refractivity contribution is 0.669. The molecule has 0 amide bonds. The van der Waals surface area contributed by atoms with Gasteiger partial charge in [0, 0.05) is 22.1 Å². The maximum Gasteiger partial charge on any atom is 0.159 e. The highest BCUT2D eigenvalue weighted by molar-refractivity contribution is 6.22. The predicted molar refractivity (Wildman–Crippen MR) is 271 cm³/mol. The quantitative estimate of drug-likeness (QED) is 0.142. The number of rotatable bonds is 8. The molecule has 0 radical (unpaired) electrons. The first kappa shape index (κ1) is 37.3. The molecule has 0 unspecified atom stereocenters. The van der Waals surface area contributed by atoms with Crippen LogP contribution >= 0.6 is 0 Å². The molecule has 0 bridgehead atoms. The van der Waals surface area contributed by atoms with E-state index in [1.807, 2.05) is 6.07 Å². The molecule has 12 rings (SSSR count). The number of nitrogens with zero attached hydrogens (tertiary/aromatic N) is 1. The third-order valence-corrected chi connectivity index (χ3v) is 12.7. The van der Waals surface area contributed by atoms with Gasteiger partial charge in [0.25, 0.3) is 0 Å². The minimum atomic E-state index is 0.852. The molecule has 0 fully saturated rings. The number of anilines is 3. The van der Waals surface area contributed by atoms with Crippen molar-refractivity contribution < 1.29 is 4.42 Å². The van der Waals surface area contributed by atoms with E-state index in [-0.39, 0.29) is 0 Å². The van der Waals surface area contributed by atoms with Crippen molar-refractivity contribution in [2.45, 2.75) is 0 Å². The minimum absolute atomic E-state index is 0.852. The van der Waals surface area contributed by atoms with E-state index in [1.165, 1.54) is 54.9 Å². The molecule has 0 saturated carbocycles. The predicted octanol–water partition coefficient (Wildman–Crippen LogP) is 17.7. The van der Waals surface area contributed by atoms with Crippen LogP contribution in [0.4, 0.5) is 17.1 Å². The number of benzene rings is 11. The van der Waals surface area contributed by atoms with Crippen molar-refractivity contribution in [1.82, 2.24) is 0 Å². The first-order chi connectivity index (χ1) is 31.8. The zero-order chi connectivity index (χ0) is 42.4. The van der Waals surface area contributed by atoms with E-state index in [9.17, 15) is 0 Å². The van der Waals surface area contributed by atoms with Gasteiger partial charge in [0.1, 0.15) is 5.58 Å². The molecule has 1 aromatic heterocycles. The van der Waals surface area contributed by atoms with Crippen molar-refractivity contribution in [1.29, 1.82) is 0 Å². The van der Waals surface area contributed by atoms with Gasteiger partial charge in [0.15, 0.2) is 5.58 Å². The monoisotopic (exact) mass is 815 g/mol. The van der Waals surface area contributed by atoms with E-state index in [1.54, 1.807) is 0 Å². The molecule has 2 nitrogen and oxygen atoms in total. The number of fused-ring (bicyclic) bond motifs is 6. The van der Waals surface area contributed by atoms with Crippen LogP contribution in [0.1, 0.15) is 0 Å². The van der Waals surface area contributed by atoms with Crippen LogP contribution in [0.15, 0.2) is 253 Å². The normalized spacial score (nSPS) is 11.4. The Labute approximate surface area is 372 Å². The van der Waals surface area contributed by atoms with Gasteiger partial charge in [-0.1, -0.05) is 206 Å². The number of furan rings is 1. The highest BCUT2D eigenvalue weighted by Crippen LogP contribution is 2.47. The van der Waals surface area contributed by atoms with Crippen LogP contribution in [0, 0.1) is 0 Å². The first-order valence-corrected chi connectivity index (χ1v) is 21.9. The average Bonchev–Trinajstić information content (AvgIpc) is 3.77. The highest BCUT2D eigenvalue weighted by Gasteiger charge is 2.22. The molecule has 11 aromatic carbocycles. The van der Waals surface area contributed by atoms with Gasteiger partial charge in [-0.3, -0.25) is 0 Å². The number of para-hydroxylation sites is 2. The molecular weight excluding hydrogens is 775 g/mol. The van der Waals surface area contributed by atoms with Crippen LogP contribution < -0.4 is 4.90 Å². The van der Waals surface area contributed by atoms with E-state index < -0.39 is 0 Å². The summed E-state index contributed by atoms with van der Waals surface area (Å²) in [5.74, 6) is 0. The van der Waals surface area contributed by atoms with E-state index in [0.29, 0.717) is 0 Å². The Morgan fingerprint density at radius 3 is 1.44 bits per heavy atom. The molecule has 64 heavy (non-hydrogen) atoms. The molecule has 2 heteroatoms. The summed E-state index contributed by atoms with van der Waals surface area (Å²) in [6, 6.07) is 89.6. The fraction of sp³-hybridized carbons (Fsp3) is 0. The van der Waals surface area contributed by atoms with Crippen molar-refractivity contribution in [3.05, 3.63) is 249 Å². The Hall–Kier alpha value is -8.46. The summed E-state index contributed by atoms with van der Waals surface area (Å²) in [7, 11) is 0. The molecule has 0 aliphatic rings. The van der Waals surface area contributed by atoms with Gasteiger partial charge in [-0.15, -0.1) is 0 Å². The van der Waals surface area contributed by atoms with Crippen molar-refractivity contribution in [2.75, 3.05) is 4.90 Å². The second-order valence-corrected chi connectivity index (χ2v) is 16.4. The molecule has 0 aliphatic carbocycles. The van der Waals surface area contributed by atoms with Gasteiger partial charge < -0.3 is 9.32 Å². The summed E-state index contributed by atoms with van der Waals surface area (Å²) in [4.78, 5) is 2.35. The molecular formula is C62H41NO. The second-order valence-electron chi connectivity index (χ2n) is 16.4. The lowest BCUT2D eigenvalue weighted by Crippen LogP contribution is -2.10. The molecule has 0 spiro atoms. The molecule has 0 saturated heterocycles. The maximum absolute atomic E-state index is 6.73. The van der Waals surface area contributed by atoms with Gasteiger partial charge in [0.2, 0.25) is 0 Å². The van der Waals surface area contributed by atoms with Crippen LogP contribution in [0.2, 0.25) is 0 Å². The molecule has 0 N–H and O–H groups in total. The Balaban J connectivity index is 1.05. The molecule has 12 aromatic rings. The lowest BCUT2D eigenvalue weighted by Gasteiger charge is -2.27. The fourth-order valence-electron chi connectivity index (χ4n) is 9.72. The van der Waals surface area contributed by atoms with Crippen molar-refractivity contribution in [2.24, 2.45) is 0 Å². The van der Waals surface area contributed by atoms with Gasteiger partial charge >= 0.3 is 0 Å². The SMILES string of the molecule is c1ccc(-c2ccc(N(c3ccc(-c4ccc5c(c4)c(-c4ccccc4)c(-c4ccccc4)c4ccccc45)cc3)c3cccc4c3oc3ccccc34)cc2-c2ccccc2)cc1. The fourth-order valence-corrected chi connectivity index (χ4v) is 9.72. The zero-order valence-corrected chi connectivity index (χ0v) is 35.0. The summed E-state index contributed by atoms with van der Waals surface area (Å²) in [5.41, 5.74) is 16.7. The zero-order valence-electron chi connectivity index (χ0n) is 35.0. The lowest BCUT2D eigenvalue weighted by atomic mass is 9.84. The van der Waals surface area contributed by atoms with Gasteiger partial charge in [-0.2, -0.15) is 0 Å². The Morgan fingerprint density at radius 1 is 0.266 bits per heavy atom. The largest absolute Gasteiger partial charge is 0.454 e. The summed E-state index contributed by atoms with van der Waals surface area (Å²) >= 11 is 0. The van der Waals surface area contributed by atoms with Gasteiger partial charge in [0.05, 0.1) is 5.69 Å². The van der Waals surface area contributed by atoms with E-state index in [0.717, 1.165) is 61.3 Å². The highest BCUT2D eigenvalue weighted by atomic mass is 16.3.